The number of hydrogen-bond acceptors (Lipinski definition) is 5. The first kappa shape index (κ1) is 18.9. The van der Waals surface area contributed by atoms with Gasteiger partial charge in [0.2, 0.25) is 15.9 Å². The van der Waals surface area contributed by atoms with Crippen molar-refractivity contribution in [3.63, 3.8) is 0 Å². The van der Waals surface area contributed by atoms with Gasteiger partial charge < -0.3 is 10.1 Å². The lowest BCUT2D eigenvalue weighted by atomic mass is 10.2. The van der Waals surface area contributed by atoms with E-state index in [1.54, 1.807) is 37.4 Å². The van der Waals surface area contributed by atoms with Crippen LogP contribution in [0.1, 0.15) is 18.2 Å². The topological polar surface area (TPSA) is 97.4 Å². The molecule has 0 fully saturated rings. The second-order valence-electron chi connectivity index (χ2n) is 5.54. The van der Waals surface area contributed by atoms with Gasteiger partial charge in [-0.15, -0.1) is 0 Å². The number of methoxy groups -OCH3 is 1. The molecule has 8 heteroatoms. The van der Waals surface area contributed by atoms with E-state index >= 15 is 0 Å². The molecule has 0 saturated heterocycles. The summed E-state index contributed by atoms with van der Waals surface area (Å²) < 4.78 is 32.6. The zero-order chi connectivity index (χ0) is 18.4. The lowest BCUT2D eigenvalue weighted by Gasteiger charge is -2.16. The number of hydrogen-bond donors (Lipinski definition) is 2. The molecule has 7 nitrogen and oxygen atoms in total. The maximum atomic E-state index is 12.6. The third-order valence-corrected chi connectivity index (χ3v) is 5.07. The summed E-state index contributed by atoms with van der Waals surface area (Å²) in [5.74, 6) is -0.222. The number of nitrogens with one attached hydrogen (secondary N) is 2. The first-order valence-corrected chi connectivity index (χ1v) is 9.16. The molecule has 1 amide bonds. The van der Waals surface area contributed by atoms with Gasteiger partial charge in [-0.3, -0.25) is 9.78 Å². The van der Waals surface area contributed by atoms with Gasteiger partial charge in [0.05, 0.1) is 25.4 Å². The SMILES string of the molecule is COc1ccc(C)cc1S(=O)(=O)N[C@H](C)C(=O)NCc1ccccn1. The second kappa shape index (κ2) is 8.09. The van der Waals surface area contributed by atoms with Gasteiger partial charge in [0.1, 0.15) is 10.6 Å². The van der Waals surface area contributed by atoms with Crippen molar-refractivity contribution >= 4 is 15.9 Å². The molecule has 1 aromatic carbocycles. The fraction of sp³-hybridized carbons (Fsp3) is 0.294. The van der Waals surface area contributed by atoms with E-state index < -0.39 is 22.0 Å². The smallest absolute Gasteiger partial charge is 0.244 e. The molecule has 2 N–H and O–H groups in total. The minimum absolute atomic E-state index is 0.000578. The van der Waals surface area contributed by atoms with Gasteiger partial charge in [0.25, 0.3) is 0 Å². The number of pyridine rings is 1. The molecule has 0 radical (unpaired) electrons. The van der Waals surface area contributed by atoms with Crippen molar-refractivity contribution < 1.29 is 17.9 Å². The average Bonchev–Trinajstić information content (AvgIpc) is 2.60. The Bertz CT molecular complexity index is 838. The molecule has 0 bridgehead atoms. The van der Waals surface area contributed by atoms with E-state index in [2.05, 4.69) is 15.0 Å². The van der Waals surface area contributed by atoms with Crippen LogP contribution in [0.4, 0.5) is 0 Å². The van der Waals surface area contributed by atoms with Crippen LogP contribution in [-0.2, 0) is 21.4 Å². The Kier molecular flexibility index (Phi) is 6.11. The molecule has 2 aromatic rings. The molecular weight excluding hydrogens is 342 g/mol. The van der Waals surface area contributed by atoms with E-state index in [1.165, 1.54) is 20.1 Å². The molecule has 0 saturated carbocycles. The fourth-order valence-corrected chi connectivity index (χ4v) is 3.63. The molecule has 2 rings (SSSR count). The highest BCUT2D eigenvalue weighted by Crippen LogP contribution is 2.24. The van der Waals surface area contributed by atoms with Gasteiger partial charge in [0, 0.05) is 6.20 Å². The number of ether oxygens (including phenoxy) is 1. The maximum absolute atomic E-state index is 12.6. The van der Waals surface area contributed by atoms with Crippen LogP contribution in [0.2, 0.25) is 0 Å². The minimum atomic E-state index is -3.90. The van der Waals surface area contributed by atoms with Gasteiger partial charge in [-0.1, -0.05) is 12.1 Å². The molecule has 0 unspecified atom stereocenters. The lowest BCUT2D eigenvalue weighted by Crippen LogP contribution is -2.44. The predicted octanol–water partition coefficient (Wildman–Crippen LogP) is 1.38. The van der Waals surface area contributed by atoms with Gasteiger partial charge >= 0.3 is 0 Å². The van der Waals surface area contributed by atoms with Crippen LogP contribution in [-0.4, -0.2) is 32.5 Å². The monoisotopic (exact) mass is 363 g/mol. The van der Waals surface area contributed by atoms with Crippen molar-refractivity contribution in [2.24, 2.45) is 0 Å². The number of aryl methyl sites for hydroxylation is 1. The van der Waals surface area contributed by atoms with Crippen LogP contribution in [0.5, 0.6) is 5.75 Å². The Labute approximate surface area is 147 Å². The molecule has 0 aliphatic carbocycles. The van der Waals surface area contributed by atoms with Crippen molar-refractivity contribution in [3.8, 4) is 5.75 Å². The molecule has 134 valence electrons. The van der Waals surface area contributed by atoms with E-state index in [0.29, 0.717) is 5.69 Å². The Morgan fingerprint density at radius 1 is 1.28 bits per heavy atom. The van der Waals surface area contributed by atoms with Crippen molar-refractivity contribution in [1.82, 2.24) is 15.0 Å². The Hall–Kier alpha value is -2.45. The number of carbonyl (C=O) groups excluding carboxylic acids is 1. The van der Waals surface area contributed by atoms with Crippen LogP contribution in [0, 0.1) is 6.92 Å². The number of carbonyl (C=O) groups is 1. The van der Waals surface area contributed by atoms with E-state index in [0.717, 1.165) is 5.56 Å². The second-order valence-corrected chi connectivity index (χ2v) is 7.22. The van der Waals surface area contributed by atoms with E-state index in [-0.39, 0.29) is 17.2 Å². The fourth-order valence-electron chi connectivity index (χ4n) is 2.18. The molecular formula is C17H21N3O4S. The third kappa shape index (κ3) is 5.01. The number of sulfonamides is 1. The summed E-state index contributed by atoms with van der Waals surface area (Å²) in [4.78, 5) is 16.2. The maximum Gasteiger partial charge on any atom is 0.244 e. The highest BCUT2D eigenvalue weighted by atomic mass is 32.2. The van der Waals surface area contributed by atoms with Gasteiger partial charge in [0.15, 0.2) is 0 Å². The Morgan fingerprint density at radius 2 is 2.04 bits per heavy atom. The van der Waals surface area contributed by atoms with E-state index in [1.807, 2.05) is 6.07 Å². The van der Waals surface area contributed by atoms with Crippen molar-refractivity contribution in [1.29, 1.82) is 0 Å². The normalized spacial score (nSPS) is 12.4. The molecule has 0 aliphatic heterocycles. The molecule has 0 spiro atoms. The van der Waals surface area contributed by atoms with Crippen LogP contribution >= 0.6 is 0 Å². The quantitative estimate of drug-likeness (QED) is 0.775. The molecule has 25 heavy (non-hydrogen) atoms. The summed E-state index contributed by atoms with van der Waals surface area (Å²) in [6, 6.07) is 9.24. The van der Waals surface area contributed by atoms with Crippen LogP contribution in [0.15, 0.2) is 47.5 Å². The van der Waals surface area contributed by atoms with Crippen LogP contribution in [0.3, 0.4) is 0 Å². The highest BCUT2D eigenvalue weighted by Gasteiger charge is 2.25. The van der Waals surface area contributed by atoms with Crippen molar-refractivity contribution in [3.05, 3.63) is 53.9 Å². The van der Waals surface area contributed by atoms with Crippen LogP contribution < -0.4 is 14.8 Å². The lowest BCUT2D eigenvalue weighted by molar-refractivity contribution is -0.122. The minimum Gasteiger partial charge on any atom is -0.495 e. The standard InChI is InChI=1S/C17H21N3O4S/c1-12-7-8-15(24-3)16(10-12)25(22,23)20-13(2)17(21)19-11-14-6-4-5-9-18-14/h4-10,13,20H,11H2,1-3H3,(H,19,21)/t13-/m1/s1. The summed E-state index contributed by atoms with van der Waals surface area (Å²) in [6.45, 7) is 3.48. The molecule has 0 aliphatic rings. The molecule has 1 atom stereocenters. The zero-order valence-electron chi connectivity index (χ0n) is 14.3. The largest absolute Gasteiger partial charge is 0.495 e. The number of rotatable bonds is 7. The summed E-state index contributed by atoms with van der Waals surface area (Å²) in [6.07, 6.45) is 1.62. The predicted molar refractivity (Wildman–Crippen MR) is 93.6 cm³/mol. The molecule has 1 heterocycles. The van der Waals surface area contributed by atoms with Gasteiger partial charge in [-0.05, 0) is 43.7 Å². The first-order valence-electron chi connectivity index (χ1n) is 7.68. The Balaban J connectivity index is 2.06. The average molecular weight is 363 g/mol. The van der Waals surface area contributed by atoms with Crippen LogP contribution in [0.25, 0.3) is 0 Å². The van der Waals surface area contributed by atoms with Gasteiger partial charge in [-0.2, -0.15) is 4.72 Å². The number of amides is 1. The summed E-state index contributed by atoms with van der Waals surface area (Å²) in [5.41, 5.74) is 1.46. The van der Waals surface area contributed by atoms with Crippen molar-refractivity contribution in [2.75, 3.05) is 7.11 Å². The molecule has 1 aromatic heterocycles. The van der Waals surface area contributed by atoms with Gasteiger partial charge in [-0.25, -0.2) is 8.42 Å². The number of nitrogens with zero attached hydrogens (tertiary/aromatic N) is 1. The number of aromatic nitrogens is 1. The highest BCUT2D eigenvalue weighted by molar-refractivity contribution is 7.89. The number of benzene rings is 1. The van der Waals surface area contributed by atoms with Crippen molar-refractivity contribution in [2.45, 2.75) is 31.3 Å². The van der Waals surface area contributed by atoms with E-state index in [4.69, 9.17) is 4.74 Å². The van der Waals surface area contributed by atoms with E-state index in [9.17, 15) is 13.2 Å². The Morgan fingerprint density at radius 3 is 2.68 bits per heavy atom. The third-order valence-electron chi connectivity index (χ3n) is 3.50. The summed E-state index contributed by atoms with van der Waals surface area (Å²) in [7, 11) is -2.51. The summed E-state index contributed by atoms with van der Waals surface area (Å²) in [5, 5.41) is 2.65. The summed E-state index contributed by atoms with van der Waals surface area (Å²) >= 11 is 0. The first-order chi connectivity index (χ1) is 11.8. The zero-order valence-corrected chi connectivity index (χ0v) is 15.1.